The van der Waals surface area contributed by atoms with Crippen LogP contribution in [0.3, 0.4) is 0 Å². The highest BCUT2D eigenvalue weighted by molar-refractivity contribution is 5.76. The van der Waals surface area contributed by atoms with Gasteiger partial charge in [-0.25, -0.2) is 9.59 Å². The molecule has 0 bridgehead atoms. The Balaban J connectivity index is 1.81. The summed E-state index contributed by atoms with van der Waals surface area (Å²) in [6.45, 7) is 9.65. The lowest BCUT2D eigenvalue weighted by atomic mass is 10.0. The summed E-state index contributed by atoms with van der Waals surface area (Å²) in [6.07, 6.45) is 2.18. The number of amides is 1. The van der Waals surface area contributed by atoms with Crippen molar-refractivity contribution in [3.05, 3.63) is 34.7 Å². The van der Waals surface area contributed by atoms with Crippen molar-refractivity contribution in [2.24, 2.45) is 0 Å². The smallest absolute Gasteiger partial charge is 0.410 e. The number of hydrogen-bond acceptors (Lipinski definition) is 3. The third-order valence-corrected chi connectivity index (χ3v) is 4.80. The van der Waals surface area contributed by atoms with Crippen LogP contribution in [0.15, 0.2) is 29.1 Å². The van der Waals surface area contributed by atoms with Gasteiger partial charge in [-0.2, -0.15) is 0 Å². The molecule has 6 nitrogen and oxygen atoms in total. The Morgan fingerprint density at radius 2 is 1.77 bits per heavy atom. The number of rotatable bonds is 3. The predicted octanol–water partition coefficient (Wildman–Crippen LogP) is 3.79. The van der Waals surface area contributed by atoms with E-state index < -0.39 is 5.60 Å². The number of hydrogen-bond donors (Lipinski definition) is 0. The highest BCUT2D eigenvalue weighted by atomic mass is 16.6. The molecule has 142 valence electrons. The molecule has 0 unspecified atom stereocenters. The van der Waals surface area contributed by atoms with Gasteiger partial charge in [0.05, 0.1) is 11.0 Å². The molecule has 0 atom stereocenters. The van der Waals surface area contributed by atoms with Gasteiger partial charge in [0.1, 0.15) is 5.60 Å². The third kappa shape index (κ3) is 3.64. The van der Waals surface area contributed by atoms with E-state index in [4.69, 9.17) is 4.74 Å². The number of fused-ring (bicyclic) bond motifs is 1. The molecule has 0 saturated carbocycles. The van der Waals surface area contributed by atoms with Gasteiger partial charge in [-0.1, -0.05) is 19.1 Å². The largest absolute Gasteiger partial charge is 0.444 e. The first-order chi connectivity index (χ1) is 12.3. The number of aromatic nitrogens is 2. The van der Waals surface area contributed by atoms with Crippen LogP contribution >= 0.6 is 0 Å². The van der Waals surface area contributed by atoms with Crippen molar-refractivity contribution < 1.29 is 9.53 Å². The predicted molar refractivity (Wildman–Crippen MR) is 103 cm³/mol. The van der Waals surface area contributed by atoms with E-state index in [1.165, 1.54) is 0 Å². The summed E-state index contributed by atoms with van der Waals surface area (Å²) in [7, 11) is 0. The average Bonchev–Trinajstić information content (AvgIpc) is 2.86. The van der Waals surface area contributed by atoms with E-state index in [1.807, 2.05) is 54.2 Å². The fourth-order valence-electron chi connectivity index (χ4n) is 3.66. The van der Waals surface area contributed by atoms with Crippen LogP contribution in [-0.4, -0.2) is 38.8 Å². The van der Waals surface area contributed by atoms with E-state index >= 15 is 0 Å². The molecule has 0 spiro atoms. The van der Waals surface area contributed by atoms with E-state index in [9.17, 15) is 9.59 Å². The molecule has 1 aliphatic rings. The van der Waals surface area contributed by atoms with Crippen LogP contribution in [0.1, 0.15) is 53.0 Å². The number of likely N-dealkylation sites (tertiary alicyclic amines) is 1. The van der Waals surface area contributed by atoms with Crippen LogP contribution in [0.2, 0.25) is 0 Å². The lowest BCUT2D eigenvalue weighted by Crippen LogP contribution is -2.43. The van der Waals surface area contributed by atoms with Crippen molar-refractivity contribution in [3.63, 3.8) is 0 Å². The maximum atomic E-state index is 13.0. The zero-order chi connectivity index (χ0) is 18.9. The molecule has 1 aromatic heterocycles. The van der Waals surface area contributed by atoms with Crippen molar-refractivity contribution >= 4 is 17.1 Å². The minimum absolute atomic E-state index is 0.0590. The molecule has 0 N–H and O–H groups in total. The summed E-state index contributed by atoms with van der Waals surface area (Å²) in [5.41, 5.74) is 1.55. The molecule has 26 heavy (non-hydrogen) atoms. The second-order valence-corrected chi connectivity index (χ2v) is 7.99. The number of ether oxygens (including phenoxy) is 1. The van der Waals surface area contributed by atoms with Crippen molar-refractivity contribution in [1.82, 2.24) is 14.0 Å². The molecule has 6 heteroatoms. The minimum atomic E-state index is -0.488. The van der Waals surface area contributed by atoms with E-state index in [1.54, 1.807) is 4.90 Å². The monoisotopic (exact) mass is 359 g/mol. The fourth-order valence-corrected chi connectivity index (χ4v) is 3.66. The average molecular weight is 359 g/mol. The molecule has 3 rings (SSSR count). The van der Waals surface area contributed by atoms with Gasteiger partial charge in [0.15, 0.2) is 0 Å². The number of benzene rings is 1. The van der Waals surface area contributed by atoms with Crippen LogP contribution in [0, 0.1) is 0 Å². The van der Waals surface area contributed by atoms with Gasteiger partial charge >= 0.3 is 11.8 Å². The third-order valence-electron chi connectivity index (χ3n) is 4.80. The first-order valence-electron chi connectivity index (χ1n) is 9.49. The SMILES string of the molecule is CCCn1c(=O)n(C2CCN(C(=O)OC(C)(C)C)CC2)c2ccccc21. The Bertz CT molecular complexity index is 836. The summed E-state index contributed by atoms with van der Waals surface area (Å²) in [5, 5.41) is 0. The van der Waals surface area contributed by atoms with E-state index in [-0.39, 0.29) is 17.8 Å². The molecule has 1 saturated heterocycles. The van der Waals surface area contributed by atoms with Gasteiger partial charge in [0.2, 0.25) is 0 Å². The van der Waals surface area contributed by atoms with Crippen molar-refractivity contribution in [3.8, 4) is 0 Å². The summed E-state index contributed by atoms with van der Waals surface area (Å²) in [6, 6.07) is 8.10. The second kappa shape index (κ2) is 7.17. The minimum Gasteiger partial charge on any atom is -0.444 e. The molecule has 1 fully saturated rings. The summed E-state index contributed by atoms with van der Waals surface area (Å²) < 4.78 is 9.26. The highest BCUT2D eigenvalue weighted by Gasteiger charge is 2.29. The van der Waals surface area contributed by atoms with Crippen molar-refractivity contribution in [2.45, 2.75) is 65.1 Å². The Morgan fingerprint density at radius 1 is 1.15 bits per heavy atom. The van der Waals surface area contributed by atoms with E-state index in [0.29, 0.717) is 13.1 Å². The summed E-state index contributed by atoms with van der Waals surface area (Å²) in [4.78, 5) is 27.0. The molecule has 2 heterocycles. The number of carbonyl (C=O) groups is 1. The lowest BCUT2D eigenvalue weighted by molar-refractivity contribution is 0.0188. The maximum absolute atomic E-state index is 13.0. The second-order valence-electron chi connectivity index (χ2n) is 7.99. The number of piperidine rings is 1. The van der Waals surface area contributed by atoms with Crippen molar-refractivity contribution in [2.75, 3.05) is 13.1 Å². The lowest BCUT2D eigenvalue weighted by Gasteiger charge is -2.33. The fraction of sp³-hybridized carbons (Fsp3) is 0.600. The number of para-hydroxylation sites is 2. The first kappa shape index (κ1) is 18.5. The standard InChI is InChI=1S/C20H29N3O3/c1-5-12-22-16-8-6-7-9-17(16)23(18(22)24)15-10-13-21(14-11-15)19(25)26-20(2,3)4/h6-9,15H,5,10-14H2,1-4H3. The Labute approximate surface area is 154 Å². The van der Waals surface area contributed by atoms with Gasteiger partial charge < -0.3 is 9.64 Å². The van der Waals surface area contributed by atoms with Gasteiger partial charge in [-0.3, -0.25) is 9.13 Å². The van der Waals surface area contributed by atoms with Crippen LogP contribution in [0.4, 0.5) is 4.79 Å². The maximum Gasteiger partial charge on any atom is 0.410 e. The number of carbonyl (C=O) groups excluding carboxylic acids is 1. The van der Waals surface area contributed by atoms with Crippen LogP contribution in [0.5, 0.6) is 0 Å². The quantitative estimate of drug-likeness (QED) is 0.838. The highest BCUT2D eigenvalue weighted by Crippen LogP contribution is 2.26. The molecule has 0 radical (unpaired) electrons. The molecule has 1 aromatic carbocycles. The Hall–Kier alpha value is -2.24. The molecular formula is C20H29N3O3. The number of aryl methyl sites for hydroxylation is 1. The van der Waals surface area contributed by atoms with Gasteiger partial charge in [-0.05, 0) is 52.2 Å². The topological polar surface area (TPSA) is 56.5 Å². The Morgan fingerprint density at radius 3 is 2.35 bits per heavy atom. The summed E-state index contributed by atoms with van der Waals surface area (Å²) in [5.74, 6) is 0. The zero-order valence-electron chi connectivity index (χ0n) is 16.2. The normalized spacial score (nSPS) is 16.2. The molecule has 0 aliphatic carbocycles. The molecular weight excluding hydrogens is 330 g/mol. The molecule has 2 aromatic rings. The number of nitrogens with zero attached hydrogens (tertiary/aromatic N) is 3. The van der Waals surface area contributed by atoms with Crippen LogP contribution in [0.25, 0.3) is 11.0 Å². The van der Waals surface area contributed by atoms with Crippen molar-refractivity contribution in [1.29, 1.82) is 0 Å². The molecule has 1 aliphatic heterocycles. The van der Waals surface area contributed by atoms with Gasteiger partial charge in [-0.15, -0.1) is 0 Å². The van der Waals surface area contributed by atoms with Crippen LogP contribution < -0.4 is 5.69 Å². The molecule has 1 amide bonds. The van der Waals surface area contributed by atoms with E-state index in [0.717, 1.165) is 36.8 Å². The van der Waals surface area contributed by atoms with E-state index in [2.05, 4.69) is 6.92 Å². The van der Waals surface area contributed by atoms with Gasteiger partial charge in [0, 0.05) is 25.7 Å². The first-order valence-corrected chi connectivity index (χ1v) is 9.49. The Kier molecular flexibility index (Phi) is 5.12. The summed E-state index contributed by atoms with van der Waals surface area (Å²) >= 11 is 0. The van der Waals surface area contributed by atoms with Gasteiger partial charge in [0.25, 0.3) is 0 Å². The number of imidazole rings is 1. The van der Waals surface area contributed by atoms with Crippen LogP contribution in [-0.2, 0) is 11.3 Å². The zero-order valence-corrected chi connectivity index (χ0v) is 16.2.